The number of aryl methyl sites for hydroxylation is 1. The Hall–Kier alpha value is -2.67. The molecule has 4 rings (SSSR count). The first kappa shape index (κ1) is 16.8. The van der Waals surface area contributed by atoms with Gasteiger partial charge in [0.2, 0.25) is 0 Å². The first-order valence-corrected chi connectivity index (χ1v) is 9.01. The minimum absolute atomic E-state index is 0.223. The van der Waals surface area contributed by atoms with E-state index in [-0.39, 0.29) is 5.91 Å². The van der Waals surface area contributed by atoms with Crippen LogP contribution in [-0.2, 0) is 6.54 Å². The molecule has 2 N–H and O–H groups in total. The summed E-state index contributed by atoms with van der Waals surface area (Å²) in [5.74, 6) is 0.502. The third-order valence-corrected chi connectivity index (χ3v) is 4.94. The van der Waals surface area contributed by atoms with Crippen LogP contribution in [0.5, 0.6) is 0 Å². The number of aromatic nitrogens is 3. The SMILES string of the molecule is Cc1ccc2oc(CNC(=O)c3nnn(C4CCNCC4)c3C)cc2c1. The number of nitrogens with zero attached hydrogens (tertiary/aromatic N) is 3. The van der Waals surface area contributed by atoms with E-state index in [9.17, 15) is 4.79 Å². The van der Waals surface area contributed by atoms with Crippen molar-refractivity contribution in [3.8, 4) is 0 Å². The number of carbonyl (C=O) groups excluding carboxylic acids is 1. The van der Waals surface area contributed by atoms with Crippen molar-refractivity contribution in [2.45, 2.75) is 39.3 Å². The molecular weight excluding hydrogens is 330 g/mol. The zero-order valence-corrected chi connectivity index (χ0v) is 15.1. The van der Waals surface area contributed by atoms with Crippen molar-refractivity contribution < 1.29 is 9.21 Å². The monoisotopic (exact) mass is 353 g/mol. The predicted octanol–water partition coefficient (Wildman–Crippen LogP) is 2.50. The van der Waals surface area contributed by atoms with Gasteiger partial charge in [0.25, 0.3) is 5.91 Å². The Morgan fingerprint density at radius 1 is 1.31 bits per heavy atom. The number of piperidine rings is 1. The molecule has 0 saturated carbocycles. The van der Waals surface area contributed by atoms with E-state index >= 15 is 0 Å². The summed E-state index contributed by atoms with van der Waals surface area (Å²) in [4.78, 5) is 12.5. The Morgan fingerprint density at radius 3 is 2.92 bits per heavy atom. The van der Waals surface area contributed by atoms with E-state index in [1.165, 1.54) is 5.56 Å². The Kier molecular flexibility index (Phi) is 4.46. The molecule has 3 heterocycles. The topological polar surface area (TPSA) is 85.0 Å². The molecule has 2 aromatic heterocycles. The summed E-state index contributed by atoms with van der Waals surface area (Å²) < 4.78 is 7.67. The fourth-order valence-corrected chi connectivity index (χ4v) is 3.50. The maximum Gasteiger partial charge on any atom is 0.274 e. The maximum absolute atomic E-state index is 12.5. The molecule has 0 bridgehead atoms. The lowest BCUT2D eigenvalue weighted by molar-refractivity contribution is 0.0942. The van der Waals surface area contributed by atoms with Crippen molar-refractivity contribution in [3.05, 3.63) is 47.0 Å². The molecule has 1 aliphatic heterocycles. The number of furan rings is 1. The molecule has 0 aliphatic carbocycles. The highest BCUT2D eigenvalue weighted by Crippen LogP contribution is 2.22. The van der Waals surface area contributed by atoms with Crippen molar-refractivity contribution in [3.63, 3.8) is 0 Å². The third-order valence-electron chi connectivity index (χ3n) is 4.94. The number of benzene rings is 1. The number of amides is 1. The highest BCUT2D eigenvalue weighted by atomic mass is 16.3. The lowest BCUT2D eigenvalue weighted by Gasteiger charge is -2.23. The average molecular weight is 353 g/mol. The van der Waals surface area contributed by atoms with Crippen LogP contribution in [0.4, 0.5) is 0 Å². The van der Waals surface area contributed by atoms with Gasteiger partial charge in [0.15, 0.2) is 5.69 Å². The standard InChI is InChI=1S/C19H23N5O2/c1-12-3-4-17-14(9-12)10-16(26-17)11-21-19(25)18-13(2)24(23-22-18)15-5-7-20-8-6-15/h3-4,9-10,15,20H,5-8,11H2,1-2H3,(H,21,25). The minimum Gasteiger partial charge on any atom is -0.459 e. The van der Waals surface area contributed by atoms with Gasteiger partial charge in [0, 0.05) is 5.39 Å². The van der Waals surface area contributed by atoms with Crippen LogP contribution in [0, 0.1) is 13.8 Å². The first-order valence-electron chi connectivity index (χ1n) is 9.01. The zero-order chi connectivity index (χ0) is 18.1. The smallest absolute Gasteiger partial charge is 0.274 e. The minimum atomic E-state index is -0.223. The number of hydrogen-bond donors (Lipinski definition) is 2. The van der Waals surface area contributed by atoms with Crippen LogP contribution in [0.3, 0.4) is 0 Å². The van der Waals surface area contributed by atoms with Crippen LogP contribution in [0.1, 0.15) is 46.4 Å². The summed E-state index contributed by atoms with van der Waals surface area (Å²) in [6.45, 7) is 6.21. The Balaban J connectivity index is 1.45. The van der Waals surface area contributed by atoms with Gasteiger partial charge in [0.05, 0.1) is 18.3 Å². The summed E-state index contributed by atoms with van der Waals surface area (Å²) in [6, 6.07) is 8.30. The van der Waals surface area contributed by atoms with Gasteiger partial charge >= 0.3 is 0 Å². The van der Waals surface area contributed by atoms with Gasteiger partial charge in [0.1, 0.15) is 11.3 Å². The van der Waals surface area contributed by atoms with E-state index < -0.39 is 0 Å². The van der Waals surface area contributed by atoms with Crippen LogP contribution in [0.2, 0.25) is 0 Å². The van der Waals surface area contributed by atoms with Crippen molar-refractivity contribution in [1.29, 1.82) is 0 Å². The molecule has 0 atom stereocenters. The van der Waals surface area contributed by atoms with E-state index in [1.807, 2.05) is 36.7 Å². The Bertz CT molecular complexity index is 937. The molecule has 1 saturated heterocycles. The summed E-state index contributed by atoms with van der Waals surface area (Å²) >= 11 is 0. The second-order valence-corrected chi connectivity index (χ2v) is 6.89. The maximum atomic E-state index is 12.5. The molecule has 1 amide bonds. The van der Waals surface area contributed by atoms with Crippen molar-refractivity contribution in [1.82, 2.24) is 25.6 Å². The third kappa shape index (κ3) is 3.22. The molecule has 0 unspecified atom stereocenters. The quantitative estimate of drug-likeness (QED) is 0.753. The number of rotatable bonds is 4. The van der Waals surface area contributed by atoms with E-state index in [0.717, 1.165) is 48.4 Å². The largest absolute Gasteiger partial charge is 0.459 e. The van der Waals surface area contributed by atoms with Gasteiger partial charge in [-0.1, -0.05) is 16.8 Å². The molecule has 1 aromatic carbocycles. The van der Waals surface area contributed by atoms with E-state index in [2.05, 4.69) is 27.0 Å². The molecule has 7 heteroatoms. The van der Waals surface area contributed by atoms with E-state index in [1.54, 1.807) is 0 Å². The predicted molar refractivity (Wildman–Crippen MR) is 98.0 cm³/mol. The molecule has 26 heavy (non-hydrogen) atoms. The average Bonchev–Trinajstić information content (AvgIpc) is 3.23. The second-order valence-electron chi connectivity index (χ2n) is 6.89. The lowest BCUT2D eigenvalue weighted by Crippen LogP contribution is -2.30. The summed E-state index contributed by atoms with van der Waals surface area (Å²) in [5, 5.41) is 15.6. The summed E-state index contributed by atoms with van der Waals surface area (Å²) in [6.07, 6.45) is 2.01. The lowest BCUT2D eigenvalue weighted by atomic mass is 10.1. The van der Waals surface area contributed by atoms with Crippen LogP contribution < -0.4 is 10.6 Å². The van der Waals surface area contributed by atoms with Crippen LogP contribution in [0.15, 0.2) is 28.7 Å². The van der Waals surface area contributed by atoms with Crippen molar-refractivity contribution in [2.75, 3.05) is 13.1 Å². The fourth-order valence-electron chi connectivity index (χ4n) is 3.50. The summed E-state index contributed by atoms with van der Waals surface area (Å²) in [5.41, 5.74) is 3.21. The molecule has 0 spiro atoms. The Labute approximate surface area is 151 Å². The molecular formula is C19H23N5O2. The fraction of sp³-hybridized carbons (Fsp3) is 0.421. The zero-order valence-electron chi connectivity index (χ0n) is 15.1. The van der Waals surface area contributed by atoms with Crippen LogP contribution >= 0.6 is 0 Å². The van der Waals surface area contributed by atoms with Gasteiger partial charge in [-0.15, -0.1) is 5.10 Å². The van der Waals surface area contributed by atoms with E-state index in [4.69, 9.17) is 4.42 Å². The van der Waals surface area contributed by atoms with Gasteiger partial charge in [-0.3, -0.25) is 4.79 Å². The molecule has 3 aromatic rings. The van der Waals surface area contributed by atoms with E-state index in [0.29, 0.717) is 18.3 Å². The molecule has 7 nitrogen and oxygen atoms in total. The molecule has 0 radical (unpaired) electrons. The highest BCUT2D eigenvalue weighted by molar-refractivity contribution is 5.93. The molecule has 136 valence electrons. The molecule has 1 fully saturated rings. The van der Waals surface area contributed by atoms with Gasteiger partial charge < -0.3 is 15.1 Å². The van der Waals surface area contributed by atoms with Gasteiger partial charge in [-0.05, 0) is 58.0 Å². The van der Waals surface area contributed by atoms with Crippen molar-refractivity contribution >= 4 is 16.9 Å². The number of hydrogen-bond acceptors (Lipinski definition) is 5. The molecule has 1 aliphatic rings. The highest BCUT2D eigenvalue weighted by Gasteiger charge is 2.22. The van der Waals surface area contributed by atoms with Gasteiger partial charge in [-0.25, -0.2) is 4.68 Å². The number of fused-ring (bicyclic) bond motifs is 1. The van der Waals surface area contributed by atoms with Crippen molar-refractivity contribution in [2.24, 2.45) is 0 Å². The number of nitrogens with one attached hydrogen (secondary N) is 2. The van der Waals surface area contributed by atoms with Crippen LogP contribution in [0.25, 0.3) is 11.0 Å². The van der Waals surface area contributed by atoms with Gasteiger partial charge in [-0.2, -0.15) is 0 Å². The number of carbonyl (C=O) groups is 1. The van der Waals surface area contributed by atoms with Crippen LogP contribution in [-0.4, -0.2) is 34.0 Å². The second kappa shape index (κ2) is 6.92. The Morgan fingerprint density at radius 2 is 2.12 bits per heavy atom. The first-order chi connectivity index (χ1) is 12.6. The summed E-state index contributed by atoms with van der Waals surface area (Å²) in [7, 11) is 0. The normalized spacial score (nSPS) is 15.5.